The van der Waals surface area contributed by atoms with Crippen LogP contribution in [0.3, 0.4) is 0 Å². The molecular weight excluding hydrogens is 332 g/mol. The van der Waals surface area contributed by atoms with Gasteiger partial charge in [0.25, 0.3) is 5.69 Å². The Labute approximate surface area is 152 Å². The molecule has 0 atom stereocenters. The summed E-state index contributed by atoms with van der Waals surface area (Å²) < 4.78 is 0. The van der Waals surface area contributed by atoms with Gasteiger partial charge in [-0.1, -0.05) is 26.0 Å². The fourth-order valence-electron chi connectivity index (χ4n) is 3.49. The zero-order chi connectivity index (χ0) is 18.8. The van der Waals surface area contributed by atoms with Gasteiger partial charge in [-0.05, 0) is 19.4 Å². The minimum atomic E-state index is -0.385. The van der Waals surface area contributed by atoms with E-state index < -0.39 is 0 Å². The fourth-order valence-corrected chi connectivity index (χ4v) is 3.49. The van der Waals surface area contributed by atoms with Crippen LogP contribution in [0.4, 0.5) is 11.4 Å². The van der Waals surface area contributed by atoms with E-state index in [1.165, 1.54) is 6.07 Å². The summed E-state index contributed by atoms with van der Waals surface area (Å²) in [6.45, 7) is 8.62. The van der Waals surface area contributed by atoms with Gasteiger partial charge >= 0.3 is 0 Å². The maximum Gasteiger partial charge on any atom is 0.295 e. The molecule has 26 heavy (non-hydrogen) atoms. The van der Waals surface area contributed by atoms with Crippen LogP contribution in [0.2, 0.25) is 0 Å². The van der Waals surface area contributed by atoms with Gasteiger partial charge < -0.3 is 9.80 Å². The van der Waals surface area contributed by atoms with Gasteiger partial charge in [0.1, 0.15) is 0 Å². The summed E-state index contributed by atoms with van der Waals surface area (Å²) in [5, 5.41) is 12.1. The minimum Gasteiger partial charge on any atom is -0.369 e. The highest BCUT2D eigenvalue weighted by Gasteiger charge is 2.23. The molecule has 7 heteroatoms. The first kappa shape index (κ1) is 18.1. The van der Waals surface area contributed by atoms with Crippen LogP contribution in [-0.2, 0) is 4.79 Å². The predicted octanol–water partition coefficient (Wildman–Crippen LogP) is 3.15. The van der Waals surface area contributed by atoms with Gasteiger partial charge in [0.05, 0.1) is 4.92 Å². The molecule has 0 unspecified atom stereocenters. The molecule has 1 aromatic heterocycles. The number of amides is 1. The smallest absolute Gasteiger partial charge is 0.295 e. The Kier molecular flexibility index (Phi) is 5.06. The summed E-state index contributed by atoms with van der Waals surface area (Å²) in [5.74, 6) is 0.173. The van der Waals surface area contributed by atoms with Crippen LogP contribution in [0.25, 0.3) is 10.9 Å². The molecule has 1 aromatic carbocycles. The number of aryl methyl sites for hydroxylation is 1. The average Bonchev–Trinajstić information content (AvgIpc) is 2.85. The van der Waals surface area contributed by atoms with Gasteiger partial charge in [0, 0.05) is 54.9 Å². The van der Waals surface area contributed by atoms with Gasteiger partial charge in [-0.15, -0.1) is 0 Å². The molecule has 0 N–H and O–H groups in total. The third kappa shape index (κ3) is 3.47. The standard InChI is InChI=1S/C19H24N4O3/c1-13(2)19(24)22-9-5-8-21(10-11-22)17-12-14(3)20-18-15(17)6-4-7-16(18)23(25)26/h4,6-7,12-13H,5,8-11H2,1-3H3. The number of nitrogens with zero attached hydrogens (tertiary/aromatic N) is 4. The Balaban J connectivity index is 1.97. The zero-order valence-electron chi connectivity index (χ0n) is 15.4. The largest absolute Gasteiger partial charge is 0.369 e. The predicted molar refractivity (Wildman–Crippen MR) is 101 cm³/mol. The molecule has 0 aliphatic carbocycles. The molecule has 2 heterocycles. The van der Waals surface area contributed by atoms with Gasteiger partial charge in [-0.2, -0.15) is 0 Å². The first-order valence-electron chi connectivity index (χ1n) is 8.97. The van der Waals surface area contributed by atoms with Crippen LogP contribution in [-0.4, -0.2) is 46.9 Å². The van der Waals surface area contributed by atoms with Crippen LogP contribution >= 0.6 is 0 Å². The lowest BCUT2D eigenvalue weighted by Crippen LogP contribution is -2.37. The summed E-state index contributed by atoms with van der Waals surface area (Å²) in [4.78, 5) is 31.8. The molecule has 0 radical (unpaired) electrons. The number of anilines is 1. The Morgan fingerprint density at radius 1 is 1.23 bits per heavy atom. The second-order valence-corrected chi connectivity index (χ2v) is 7.03. The molecule has 138 valence electrons. The van der Waals surface area contributed by atoms with Crippen molar-refractivity contribution in [3.05, 3.63) is 40.1 Å². The SMILES string of the molecule is Cc1cc(N2CCCN(C(=O)C(C)C)CC2)c2cccc([N+](=O)[O-])c2n1. The van der Waals surface area contributed by atoms with Crippen molar-refractivity contribution in [2.45, 2.75) is 27.2 Å². The third-order valence-corrected chi connectivity index (χ3v) is 4.76. The van der Waals surface area contributed by atoms with E-state index in [9.17, 15) is 14.9 Å². The van der Waals surface area contributed by atoms with Crippen LogP contribution < -0.4 is 4.90 Å². The second-order valence-electron chi connectivity index (χ2n) is 7.03. The average molecular weight is 356 g/mol. The van der Waals surface area contributed by atoms with Gasteiger partial charge in [0.2, 0.25) is 5.91 Å². The molecule has 0 saturated carbocycles. The molecule has 0 spiro atoms. The quantitative estimate of drug-likeness (QED) is 0.623. The Morgan fingerprint density at radius 2 is 2.00 bits per heavy atom. The number of carbonyl (C=O) groups is 1. The fraction of sp³-hybridized carbons (Fsp3) is 0.474. The number of hydrogen-bond acceptors (Lipinski definition) is 5. The lowest BCUT2D eigenvalue weighted by Gasteiger charge is -2.25. The molecule has 2 aromatic rings. The lowest BCUT2D eigenvalue weighted by atomic mass is 10.1. The summed E-state index contributed by atoms with van der Waals surface area (Å²) in [7, 11) is 0. The first-order valence-corrected chi connectivity index (χ1v) is 8.97. The summed E-state index contributed by atoms with van der Waals surface area (Å²) >= 11 is 0. The minimum absolute atomic E-state index is 0.00630. The van der Waals surface area contributed by atoms with Crippen molar-refractivity contribution < 1.29 is 9.72 Å². The number of non-ortho nitro benzene ring substituents is 1. The number of pyridine rings is 1. The first-order chi connectivity index (χ1) is 12.4. The van der Waals surface area contributed by atoms with E-state index in [1.807, 2.05) is 37.8 Å². The normalized spacial score (nSPS) is 15.4. The zero-order valence-corrected chi connectivity index (χ0v) is 15.4. The molecule has 7 nitrogen and oxygen atoms in total. The monoisotopic (exact) mass is 356 g/mol. The maximum absolute atomic E-state index is 12.3. The van der Waals surface area contributed by atoms with E-state index in [1.54, 1.807) is 6.07 Å². The molecule has 0 bridgehead atoms. The molecule has 1 aliphatic heterocycles. The van der Waals surface area contributed by atoms with Gasteiger partial charge in [-0.25, -0.2) is 4.98 Å². The maximum atomic E-state index is 12.3. The number of nitro benzene ring substituents is 1. The molecule has 1 amide bonds. The number of para-hydroxylation sites is 1. The Morgan fingerprint density at radius 3 is 2.69 bits per heavy atom. The van der Waals surface area contributed by atoms with Crippen molar-refractivity contribution in [1.82, 2.24) is 9.88 Å². The van der Waals surface area contributed by atoms with Crippen molar-refractivity contribution >= 4 is 28.2 Å². The lowest BCUT2D eigenvalue weighted by molar-refractivity contribution is -0.383. The highest BCUT2D eigenvalue weighted by atomic mass is 16.6. The van der Waals surface area contributed by atoms with Crippen molar-refractivity contribution in [1.29, 1.82) is 0 Å². The van der Waals surface area contributed by atoms with Crippen LogP contribution in [0.15, 0.2) is 24.3 Å². The highest BCUT2D eigenvalue weighted by Crippen LogP contribution is 2.32. The van der Waals surface area contributed by atoms with Crippen molar-refractivity contribution in [3.8, 4) is 0 Å². The molecule has 3 rings (SSSR count). The Bertz CT molecular complexity index is 850. The van der Waals surface area contributed by atoms with Crippen LogP contribution in [0, 0.1) is 23.0 Å². The second kappa shape index (κ2) is 7.27. The van der Waals surface area contributed by atoms with Crippen LogP contribution in [0.5, 0.6) is 0 Å². The summed E-state index contributed by atoms with van der Waals surface area (Å²) in [5.41, 5.74) is 2.15. The highest BCUT2D eigenvalue weighted by molar-refractivity contribution is 5.97. The van der Waals surface area contributed by atoms with Gasteiger partial charge in [-0.3, -0.25) is 14.9 Å². The summed E-state index contributed by atoms with van der Waals surface area (Å²) in [6, 6.07) is 7.05. The van der Waals surface area contributed by atoms with Crippen molar-refractivity contribution in [2.24, 2.45) is 5.92 Å². The van der Waals surface area contributed by atoms with E-state index in [2.05, 4.69) is 9.88 Å². The van der Waals surface area contributed by atoms with E-state index in [-0.39, 0.29) is 22.4 Å². The van der Waals surface area contributed by atoms with Crippen molar-refractivity contribution in [2.75, 3.05) is 31.1 Å². The number of hydrogen-bond donors (Lipinski definition) is 0. The third-order valence-electron chi connectivity index (χ3n) is 4.76. The number of nitro groups is 1. The van der Waals surface area contributed by atoms with Crippen molar-refractivity contribution in [3.63, 3.8) is 0 Å². The molecule has 1 saturated heterocycles. The molecular formula is C19H24N4O3. The van der Waals surface area contributed by atoms with E-state index in [0.29, 0.717) is 18.6 Å². The van der Waals surface area contributed by atoms with Crippen LogP contribution in [0.1, 0.15) is 26.0 Å². The van der Waals surface area contributed by atoms with E-state index >= 15 is 0 Å². The molecule has 1 aliphatic rings. The van der Waals surface area contributed by atoms with E-state index in [4.69, 9.17) is 0 Å². The Hall–Kier alpha value is -2.70. The van der Waals surface area contributed by atoms with E-state index in [0.717, 1.165) is 36.3 Å². The number of benzene rings is 1. The number of fused-ring (bicyclic) bond motifs is 1. The molecule has 1 fully saturated rings. The number of rotatable bonds is 3. The number of carbonyl (C=O) groups excluding carboxylic acids is 1. The number of aromatic nitrogens is 1. The topological polar surface area (TPSA) is 79.6 Å². The van der Waals surface area contributed by atoms with Gasteiger partial charge in [0.15, 0.2) is 5.52 Å². The summed E-state index contributed by atoms with van der Waals surface area (Å²) in [6.07, 6.45) is 0.871.